The first-order chi connectivity index (χ1) is 8.14. The number of nitrogens with two attached hydrogens (primary N) is 1. The number of ether oxygens (including phenoxy) is 2. The second-order valence-electron chi connectivity index (χ2n) is 5.11. The molecular weight excluding hydrogens is 220 g/mol. The van der Waals surface area contributed by atoms with E-state index < -0.39 is 5.54 Å². The summed E-state index contributed by atoms with van der Waals surface area (Å²) in [5.41, 5.74) is 5.39. The first-order valence-electron chi connectivity index (χ1n) is 6.34. The molecule has 2 aliphatic rings. The zero-order chi connectivity index (χ0) is 12.3. The first kappa shape index (κ1) is 12.8. The Kier molecular flexibility index (Phi) is 4.01. The first-order valence-corrected chi connectivity index (χ1v) is 6.34. The topological polar surface area (TPSA) is 73.6 Å². The highest BCUT2D eigenvalue weighted by Gasteiger charge is 2.37. The van der Waals surface area contributed by atoms with Crippen molar-refractivity contribution in [2.45, 2.75) is 49.8 Å². The van der Waals surface area contributed by atoms with Gasteiger partial charge in [0.05, 0.1) is 11.6 Å². The van der Waals surface area contributed by atoms with Gasteiger partial charge in [-0.3, -0.25) is 4.79 Å². The van der Waals surface area contributed by atoms with E-state index in [-0.39, 0.29) is 18.1 Å². The van der Waals surface area contributed by atoms with Crippen molar-refractivity contribution in [2.24, 2.45) is 5.73 Å². The highest BCUT2D eigenvalue weighted by Crippen LogP contribution is 2.23. The van der Waals surface area contributed by atoms with Crippen molar-refractivity contribution in [3.8, 4) is 0 Å². The van der Waals surface area contributed by atoms with Crippen molar-refractivity contribution in [3.63, 3.8) is 0 Å². The van der Waals surface area contributed by atoms with Gasteiger partial charge in [-0.25, -0.2) is 0 Å². The third kappa shape index (κ3) is 2.97. The maximum atomic E-state index is 12.1. The van der Waals surface area contributed by atoms with Gasteiger partial charge in [-0.15, -0.1) is 0 Å². The van der Waals surface area contributed by atoms with Crippen LogP contribution in [0.5, 0.6) is 0 Å². The molecule has 1 heterocycles. The number of methoxy groups -OCH3 is 1. The summed E-state index contributed by atoms with van der Waals surface area (Å²) in [4.78, 5) is 12.1. The van der Waals surface area contributed by atoms with Crippen LogP contribution in [0.3, 0.4) is 0 Å². The molecule has 0 aromatic rings. The molecule has 0 aromatic heterocycles. The zero-order valence-corrected chi connectivity index (χ0v) is 10.4. The lowest BCUT2D eigenvalue weighted by molar-refractivity contribution is -0.130. The van der Waals surface area contributed by atoms with E-state index in [1.54, 1.807) is 7.11 Å². The molecule has 5 heteroatoms. The lowest BCUT2D eigenvalue weighted by Crippen LogP contribution is -2.58. The number of hydrogen-bond donors (Lipinski definition) is 2. The maximum Gasteiger partial charge on any atom is 0.240 e. The highest BCUT2D eigenvalue weighted by molar-refractivity contribution is 5.86. The van der Waals surface area contributed by atoms with E-state index in [1.165, 1.54) is 0 Å². The minimum atomic E-state index is -0.733. The van der Waals surface area contributed by atoms with Gasteiger partial charge >= 0.3 is 0 Å². The van der Waals surface area contributed by atoms with Gasteiger partial charge in [0.15, 0.2) is 0 Å². The van der Waals surface area contributed by atoms with Crippen molar-refractivity contribution in [1.29, 1.82) is 0 Å². The second-order valence-corrected chi connectivity index (χ2v) is 5.11. The molecule has 2 unspecified atom stereocenters. The molecule has 2 atom stereocenters. The third-order valence-corrected chi connectivity index (χ3v) is 3.89. The van der Waals surface area contributed by atoms with Crippen LogP contribution in [-0.2, 0) is 14.3 Å². The van der Waals surface area contributed by atoms with Crippen LogP contribution in [0.25, 0.3) is 0 Å². The molecule has 0 spiro atoms. The molecule has 1 aliphatic heterocycles. The molecule has 17 heavy (non-hydrogen) atoms. The van der Waals surface area contributed by atoms with Crippen molar-refractivity contribution in [2.75, 3.05) is 20.3 Å². The molecule has 1 amide bonds. The van der Waals surface area contributed by atoms with Gasteiger partial charge in [-0.1, -0.05) is 0 Å². The predicted molar refractivity (Wildman–Crippen MR) is 63.6 cm³/mol. The molecule has 1 saturated carbocycles. The fourth-order valence-corrected chi connectivity index (χ4v) is 2.58. The Balaban J connectivity index is 1.84. The Labute approximate surface area is 102 Å². The van der Waals surface area contributed by atoms with Crippen LogP contribution in [-0.4, -0.2) is 43.9 Å². The summed E-state index contributed by atoms with van der Waals surface area (Å²) < 4.78 is 10.5. The van der Waals surface area contributed by atoms with Crippen LogP contribution in [0.15, 0.2) is 0 Å². The van der Waals surface area contributed by atoms with Crippen LogP contribution in [0, 0.1) is 0 Å². The van der Waals surface area contributed by atoms with Crippen LogP contribution >= 0.6 is 0 Å². The zero-order valence-electron chi connectivity index (χ0n) is 10.4. The molecule has 2 rings (SSSR count). The summed E-state index contributed by atoms with van der Waals surface area (Å²) in [7, 11) is 1.72. The Morgan fingerprint density at radius 1 is 1.41 bits per heavy atom. The minimum absolute atomic E-state index is 0.0254. The number of carbonyl (C=O) groups excluding carboxylic acids is 1. The summed E-state index contributed by atoms with van der Waals surface area (Å²) >= 11 is 0. The Bertz CT molecular complexity index is 277. The van der Waals surface area contributed by atoms with Gasteiger partial charge in [-0.2, -0.15) is 0 Å². The van der Waals surface area contributed by atoms with Crippen LogP contribution < -0.4 is 11.1 Å². The molecule has 2 fully saturated rings. The van der Waals surface area contributed by atoms with Crippen LogP contribution in [0.2, 0.25) is 0 Å². The molecule has 5 nitrogen and oxygen atoms in total. The molecule has 1 saturated heterocycles. The molecule has 0 aromatic carbocycles. The summed E-state index contributed by atoms with van der Waals surface area (Å²) in [5, 5.41) is 3.05. The van der Waals surface area contributed by atoms with Gasteiger partial charge < -0.3 is 20.5 Å². The smallest absolute Gasteiger partial charge is 0.240 e. The van der Waals surface area contributed by atoms with Crippen molar-refractivity contribution in [3.05, 3.63) is 0 Å². The van der Waals surface area contributed by atoms with E-state index in [4.69, 9.17) is 15.2 Å². The minimum Gasteiger partial charge on any atom is -0.381 e. The Morgan fingerprint density at radius 3 is 2.71 bits per heavy atom. The third-order valence-electron chi connectivity index (χ3n) is 3.89. The van der Waals surface area contributed by atoms with Crippen molar-refractivity contribution >= 4 is 5.91 Å². The normalized spacial score (nSPS) is 32.4. The van der Waals surface area contributed by atoms with Gasteiger partial charge in [0.25, 0.3) is 0 Å². The molecule has 1 aliphatic carbocycles. The maximum absolute atomic E-state index is 12.1. The molecule has 98 valence electrons. The van der Waals surface area contributed by atoms with Crippen molar-refractivity contribution in [1.82, 2.24) is 5.32 Å². The molecule has 0 bridgehead atoms. The Hall–Kier alpha value is -0.650. The number of amides is 1. The molecule has 0 radical (unpaired) electrons. The summed E-state index contributed by atoms with van der Waals surface area (Å²) in [6.45, 7) is 1.16. The van der Waals surface area contributed by atoms with Gasteiger partial charge in [0.2, 0.25) is 5.91 Å². The van der Waals surface area contributed by atoms with E-state index >= 15 is 0 Å². The monoisotopic (exact) mass is 242 g/mol. The molecular formula is C12H22N2O3. The average Bonchev–Trinajstić information content (AvgIpc) is 2.78. The Morgan fingerprint density at radius 2 is 2.12 bits per heavy atom. The van der Waals surface area contributed by atoms with Gasteiger partial charge in [0, 0.05) is 26.4 Å². The van der Waals surface area contributed by atoms with E-state index in [1.807, 2.05) is 0 Å². The standard InChI is InChI=1S/C12H22N2O3/c1-16-10-3-2-9(8-10)14-11(15)12(13)4-6-17-7-5-12/h9-10H,2-8,13H2,1H3,(H,14,15). The predicted octanol–water partition coefficient (Wildman–Crippen LogP) is 0.178. The van der Waals surface area contributed by atoms with Crippen LogP contribution in [0.4, 0.5) is 0 Å². The number of rotatable bonds is 3. The quantitative estimate of drug-likeness (QED) is 0.740. The lowest BCUT2D eigenvalue weighted by Gasteiger charge is -2.32. The SMILES string of the molecule is COC1CCC(NC(=O)C2(N)CCOCC2)C1. The largest absolute Gasteiger partial charge is 0.381 e. The number of hydrogen-bond acceptors (Lipinski definition) is 4. The highest BCUT2D eigenvalue weighted by atomic mass is 16.5. The van der Waals surface area contributed by atoms with E-state index in [0.717, 1.165) is 19.3 Å². The summed E-state index contributed by atoms with van der Waals surface area (Å²) in [5.74, 6) is -0.0254. The average molecular weight is 242 g/mol. The van der Waals surface area contributed by atoms with Crippen LogP contribution in [0.1, 0.15) is 32.1 Å². The molecule has 3 N–H and O–H groups in total. The van der Waals surface area contributed by atoms with Crippen molar-refractivity contribution < 1.29 is 14.3 Å². The summed E-state index contributed by atoms with van der Waals surface area (Å²) in [6, 6.07) is 0.218. The number of nitrogens with one attached hydrogen (secondary N) is 1. The van der Waals surface area contributed by atoms with Gasteiger partial charge in [-0.05, 0) is 32.1 Å². The fourth-order valence-electron chi connectivity index (χ4n) is 2.58. The summed E-state index contributed by atoms with van der Waals surface area (Å²) in [6.07, 6.45) is 4.40. The van der Waals surface area contributed by atoms with Gasteiger partial charge in [0.1, 0.15) is 0 Å². The van der Waals surface area contributed by atoms with E-state index in [9.17, 15) is 4.79 Å². The van der Waals surface area contributed by atoms with E-state index in [0.29, 0.717) is 26.1 Å². The fraction of sp³-hybridized carbons (Fsp3) is 0.917. The number of carbonyl (C=O) groups is 1. The second kappa shape index (κ2) is 5.33. The lowest BCUT2D eigenvalue weighted by atomic mass is 9.90. The van der Waals surface area contributed by atoms with E-state index in [2.05, 4.69) is 5.32 Å².